The first-order valence-electron chi connectivity index (χ1n) is 7.33. The molecule has 1 rings (SSSR count). The average molecular weight is 302 g/mol. The smallest absolute Gasteiger partial charge is 0.247 e. The molecule has 1 heterocycles. The summed E-state index contributed by atoms with van der Waals surface area (Å²) in [6, 6.07) is 0. The monoisotopic (exact) mass is 302 g/mol. The molecule has 1 aliphatic rings. The van der Waals surface area contributed by atoms with Crippen LogP contribution >= 0.6 is 0 Å². The van der Waals surface area contributed by atoms with Gasteiger partial charge in [-0.15, -0.1) is 0 Å². The summed E-state index contributed by atoms with van der Waals surface area (Å²) in [5.74, 6) is -0.654. The Morgan fingerprint density at radius 1 is 1.05 bits per heavy atom. The third-order valence-corrected chi connectivity index (χ3v) is 3.64. The van der Waals surface area contributed by atoms with E-state index in [0.29, 0.717) is 12.3 Å². The van der Waals surface area contributed by atoms with Crippen molar-refractivity contribution in [1.29, 1.82) is 0 Å². The van der Waals surface area contributed by atoms with Gasteiger partial charge in [-0.3, -0.25) is 0 Å². The topological polar surface area (TPSA) is 77.7 Å². The standard InChI is InChI=1S/C15H26O6/c1-10(2)8-7-9-14(3,4)11(16)18-19-12(17)15(5,6)13-20-21-13/h10,13H,7-9H2,1-6H3. The molecule has 0 aliphatic carbocycles. The Labute approximate surface area is 125 Å². The number of rotatable bonds is 7. The van der Waals surface area contributed by atoms with E-state index in [-0.39, 0.29) is 0 Å². The maximum atomic E-state index is 12.0. The molecule has 0 aromatic carbocycles. The fraction of sp³-hybridized carbons (Fsp3) is 0.867. The molecule has 0 radical (unpaired) electrons. The maximum absolute atomic E-state index is 12.0. The zero-order valence-electron chi connectivity index (χ0n) is 13.7. The lowest BCUT2D eigenvalue weighted by molar-refractivity contribution is -0.272. The lowest BCUT2D eigenvalue weighted by atomic mass is 9.86. The second kappa shape index (κ2) is 6.75. The third-order valence-electron chi connectivity index (χ3n) is 3.64. The number of hydrogen-bond donors (Lipinski definition) is 0. The summed E-state index contributed by atoms with van der Waals surface area (Å²) < 4.78 is 0. The Bertz CT molecular complexity index is 382. The minimum atomic E-state index is -1.01. The molecule has 0 atom stereocenters. The Morgan fingerprint density at radius 3 is 2.05 bits per heavy atom. The quantitative estimate of drug-likeness (QED) is 0.408. The van der Waals surface area contributed by atoms with Gasteiger partial charge < -0.3 is 0 Å². The summed E-state index contributed by atoms with van der Waals surface area (Å²) in [6.07, 6.45) is 1.99. The zero-order valence-corrected chi connectivity index (χ0v) is 13.7. The van der Waals surface area contributed by atoms with E-state index in [2.05, 4.69) is 28.5 Å². The number of hydrogen-bond acceptors (Lipinski definition) is 6. The van der Waals surface area contributed by atoms with Crippen LogP contribution < -0.4 is 0 Å². The summed E-state index contributed by atoms with van der Waals surface area (Å²) in [6.45, 7) is 11.0. The van der Waals surface area contributed by atoms with E-state index >= 15 is 0 Å². The molecule has 0 aromatic rings. The average Bonchev–Trinajstić information content (AvgIpc) is 3.18. The van der Waals surface area contributed by atoms with Crippen LogP contribution in [0.5, 0.6) is 0 Å². The molecular weight excluding hydrogens is 276 g/mol. The number of carbonyl (C=O) groups excluding carboxylic acids is 2. The van der Waals surface area contributed by atoms with E-state index in [4.69, 9.17) is 4.89 Å². The highest BCUT2D eigenvalue weighted by Gasteiger charge is 2.51. The van der Waals surface area contributed by atoms with Crippen LogP contribution in [-0.2, 0) is 29.1 Å². The molecule has 1 aliphatic heterocycles. The summed E-state index contributed by atoms with van der Waals surface area (Å²) in [5.41, 5.74) is -1.70. The Balaban J connectivity index is 2.39. The van der Waals surface area contributed by atoms with E-state index in [1.165, 1.54) is 0 Å². The van der Waals surface area contributed by atoms with Gasteiger partial charge in [0, 0.05) is 0 Å². The van der Waals surface area contributed by atoms with E-state index in [9.17, 15) is 9.59 Å². The van der Waals surface area contributed by atoms with E-state index in [1.807, 2.05) is 0 Å². The van der Waals surface area contributed by atoms with Crippen molar-refractivity contribution in [2.75, 3.05) is 0 Å². The van der Waals surface area contributed by atoms with Crippen LogP contribution in [0.3, 0.4) is 0 Å². The van der Waals surface area contributed by atoms with Crippen molar-refractivity contribution in [3.05, 3.63) is 0 Å². The molecule has 6 heteroatoms. The molecule has 0 aromatic heterocycles. The van der Waals surface area contributed by atoms with Crippen molar-refractivity contribution >= 4 is 11.9 Å². The molecular formula is C15H26O6. The first-order valence-corrected chi connectivity index (χ1v) is 7.33. The van der Waals surface area contributed by atoms with Gasteiger partial charge >= 0.3 is 11.9 Å². The third kappa shape index (κ3) is 5.28. The van der Waals surface area contributed by atoms with Crippen LogP contribution in [0.1, 0.15) is 60.8 Å². The summed E-state index contributed by atoms with van der Waals surface area (Å²) in [5, 5.41) is 0. The minimum absolute atomic E-state index is 0.548. The van der Waals surface area contributed by atoms with Gasteiger partial charge in [-0.2, -0.15) is 9.78 Å². The zero-order chi connectivity index (χ0) is 16.3. The summed E-state index contributed by atoms with van der Waals surface area (Å²) in [4.78, 5) is 42.3. The van der Waals surface area contributed by atoms with Gasteiger partial charge in [0.2, 0.25) is 6.29 Å². The van der Waals surface area contributed by atoms with Crippen molar-refractivity contribution < 1.29 is 29.1 Å². The van der Waals surface area contributed by atoms with E-state index < -0.39 is 29.1 Å². The second-order valence-electron chi connectivity index (χ2n) is 7.16. The molecule has 0 unspecified atom stereocenters. The van der Waals surface area contributed by atoms with Crippen LogP contribution in [0.25, 0.3) is 0 Å². The molecule has 0 saturated carbocycles. The van der Waals surface area contributed by atoms with Crippen molar-refractivity contribution in [1.82, 2.24) is 0 Å². The first-order chi connectivity index (χ1) is 9.57. The fourth-order valence-electron chi connectivity index (χ4n) is 1.71. The van der Waals surface area contributed by atoms with Gasteiger partial charge in [-0.05, 0) is 40.0 Å². The minimum Gasteiger partial charge on any atom is -0.247 e. The van der Waals surface area contributed by atoms with Crippen LogP contribution in [0.2, 0.25) is 0 Å². The maximum Gasteiger partial charge on any atom is 0.366 e. The van der Waals surface area contributed by atoms with Crippen LogP contribution in [-0.4, -0.2) is 18.2 Å². The Hall–Kier alpha value is -1.14. The van der Waals surface area contributed by atoms with Gasteiger partial charge in [0.25, 0.3) is 0 Å². The van der Waals surface area contributed by atoms with E-state index in [0.717, 1.165) is 12.8 Å². The molecule has 1 saturated heterocycles. The van der Waals surface area contributed by atoms with Crippen molar-refractivity contribution in [2.45, 2.75) is 67.1 Å². The Morgan fingerprint density at radius 2 is 1.57 bits per heavy atom. The van der Waals surface area contributed by atoms with Gasteiger partial charge in [-0.1, -0.05) is 26.7 Å². The first kappa shape index (κ1) is 17.9. The highest BCUT2D eigenvalue weighted by molar-refractivity contribution is 5.79. The van der Waals surface area contributed by atoms with Gasteiger partial charge in [0.1, 0.15) is 5.41 Å². The predicted molar refractivity (Wildman–Crippen MR) is 74.4 cm³/mol. The van der Waals surface area contributed by atoms with Crippen LogP contribution in [0.15, 0.2) is 0 Å². The van der Waals surface area contributed by atoms with E-state index in [1.54, 1.807) is 27.7 Å². The number of carbonyl (C=O) groups is 2. The summed E-state index contributed by atoms with van der Waals surface area (Å²) in [7, 11) is 0. The lowest BCUT2D eigenvalue weighted by Crippen LogP contribution is -2.34. The predicted octanol–water partition coefficient (Wildman–Crippen LogP) is 3.15. The highest BCUT2D eigenvalue weighted by Crippen LogP contribution is 2.35. The molecule has 0 bridgehead atoms. The molecule has 0 spiro atoms. The summed E-state index contributed by atoms with van der Waals surface area (Å²) >= 11 is 0. The van der Waals surface area contributed by atoms with Crippen LogP contribution in [0, 0.1) is 16.7 Å². The molecule has 1 fully saturated rings. The van der Waals surface area contributed by atoms with Gasteiger partial charge in [0.05, 0.1) is 5.41 Å². The molecule has 0 N–H and O–H groups in total. The normalized spacial score (nSPS) is 16.0. The fourth-order valence-corrected chi connectivity index (χ4v) is 1.71. The van der Waals surface area contributed by atoms with Crippen molar-refractivity contribution in [3.8, 4) is 0 Å². The van der Waals surface area contributed by atoms with Crippen molar-refractivity contribution in [3.63, 3.8) is 0 Å². The van der Waals surface area contributed by atoms with Gasteiger partial charge in [-0.25, -0.2) is 19.4 Å². The molecule has 6 nitrogen and oxygen atoms in total. The molecule has 0 amide bonds. The highest BCUT2D eigenvalue weighted by atomic mass is 17.4. The molecule has 122 valence electrons. The SMILES string of the molecule is CC(C)CCCC(C)(C)C(=O)OOC(=O)C(C)(C)C1OO1. The Kier molecular flexibility index (Phi) is 5.75. The largest absolute Gasteiger partial charge is 0.366 e. The van der Waals surface area contributed by atoms with Crippen molar-refractivity contribution in [2.24, 2.45) is 16.7 Å². The molecule has 21 heavy (non-hydrogen) atoms. The van der Waals surface area contributed by atoms with Gasteiger partial charge in [0.15, 0.2) is 0 Å². The second-order valence-corrected chi connectivity index (χ2v) is 7.16. The van der Waals surface area contributed by atoms with Crippen LogP contribution in [0.4, 0.5) is 0 Å². The lowest BCUT2D eigenvalue weighted by Gasteiger charge is -2.22.